The van der Waals surface area contributed by atoms with Crippen molar-refractivity contribution in [2.24, 2.45) is 5.92 Å². The first-order chi connectivity index (χ1) is 27.1. The second-order valence-corrected chi connectivity index (χ2v) is 15.6. The molecule has 2 aliphatic heterocycles. The molecule has 3 aliphatic rings. The molecular weight excluding hydrogens is 735 g/mol. The van der Waals surface area contributed by atoms with E-state index in [0.29, 0.717) is 17.5 Å². The number of imide groups is 1. The van der Waals surface area contributed by atoms with Crippen LogP contribution in [0.4, 0.5) is 14.0 Å². The van der Waals surface area contributed by atoms with Crippen LogP contribution in [0.15, 0.2) is 73.8 Å². The number of halogens is 1. The van der Waals surface area contributed by atoms with E-state index in [1.54, 1.807) is 64.1 Å². The molecule has 2 fully saturated rings. The molecule has 13 nitrogen and oxygen atoms in total. The van der Waals surface area contributed by atoms with Crippen LogP contribution in [0.3, 0.4) is 0 Å². The van der Waals surface area contributed by atoms with Gasteiger partial charge in [0.1, 0.15) is 29.6 Å². The lowest BCUT2D eigenvalue weighted by atomic mass is 10.0. The predicted molar refractivity (Wildman–Crippen MR) is 208 cm³/mol. The van der Waals surface area contributed by atoms with Gasteiger partial charge in [0.15, 0.2) is 5.54 Å². The van der Waals surface area contributed by atoms with Gasteiger partial charge in [-0.1, -0.05) is 55.3 Å². The first-order valence-corrected chi connectivity index (χ1v) is 19.5. The van der Waals surface area contributed by atoms with E-state index in [1.165, 1.54) is 34.1 Å². The van der Waals surface area contributed by atoms with Gasteiger partial charge in [0.2, 0.25) is 5.91 Å². The van der Waals surface area contributed by atoms with Crippen LogP contribution in [0.5, 0.6) is 0 Å². The zero-order chi connectivity index (χ0) is 41.5. The molecule has 0 radical (unpaired) electrons. The van der Waals surface area contributed by atoms with Crippen molar-refractivity contribution in [1.82, 2.24) is 20.0 Å². The molecule has 0 spiro atoms. The highest BCUT2D eigenvalue weighted by atomic mass is 19.1. The van der Waals surface area contributed by atoms with Crippen LogP contribution in [0, 0.1) is 11.7 Å². The molecule has 1 unspecified atom stereocenters. The second kappa shape index (κ2) is 18.2. The molecule has 5 rings (SSSR count). The lowest BCUT2D eigenvalue weighted by molar-refractivity contribution is -0.157. The Hall–Kier alpha value is -5.53. The van der Waals surface area contributed by atoms with Crippen LogP contribution in [0.25, 0.3) is 0 Å². The summed E-state index contributed by atoms with van der Waals surface area (Å²) in [6.07, 6.45) is 3.43. The summed E-state index contributed by atoms with van der Waals surface area (Å²) in [5, 5.41) is 2.68. The second-order valence-electron chi connectivity index (χ2n) is 15.6. The van der Waals surface area contributed by atoms with Gasteiger partial charge in [0, 0.05) is 30.0 Å². The summed E-state index contributed by atoms with van der Waals surface area (Å²) >= 11 is 0. The third kappa shape index (κ3) is 9.72. The highest BCUT2D eigenvalue weighted by Gasteiger charge is 2.68. The van der Waals surface area contributed by atoms with Crippen LogP contribution in [0.2, 0.25) is 0 Å². The topological polar surface area (TPSA) is 152 Å². The van der Waals surface area contributed by atoms with E-state index in [0.717, 1.165) is 24.2 Å². The van der Waals surface area contributed by atoms with Crippen molar-refractivity contribution in [3.63, 3.8) is 0 Å². The Bertz CT molecular complexity index is 1860. The number of esters is 1. The summed E-state index contributed by atoms with van der Waals surface area (Å²) in [5.74, 6) is -4.21. The molecule has 2 aromatic rings. The van der Waals surface area contributed by atoms with E-state index in [9.17, 15) is 28.4 Å². The number of amides is 5. The SMILES string of the molecule is C=CCCCCCC(NC(=O)OC(C)(C)C)C(=O)N1C[C@H](OC(=O)N2Cc3cccc(F)c3C2)C[C@H]1C(=O)N(C(=O)c1ccccc1)[C@]1(C(=O)OCC)C[C@H]1C=C. The Balaban J connectivity index is 1.51. The van der Waals surface area contributed by atoms with Crippen LogP contribution >= 0.6 is 0 Å². The van der Waals surface area contributed by atoms with Gasteiger partial charge in [-0.15, -0.1) is 13.2 Å². The molecule has 14 heteroatoms. The number of unbranched alkanes of at least 4 members (excludes halogenated alkanes) is 3. The van der Waals surface area contributed by atoms with Crippen molar-refractivity contribution < 1.29 is 47.4 Å². The van der Waals surface area contributed by atoms with Crippen LogP contribution in [0.1, 0.15) is 94.1 Å². The van der Waals surface area contributed by atoms with Crippen molar-refractivity contribution in [3.05, 3.63) is 96.3 Å². The number of allylic oxidation sites excluding steroid dienone is 1. The summed E-state index contributed by atoms with van der Waals surface area (Å²) in [6, 6.07) is 9.98. The Morgan fingerprint density at radius 3 is 2.39 bits per heavy atom. The predicted octanol–water partition coefficient (Wildman–Crippen LogP) is 6.45. The highest BCUT2D eigenvalue weighted by Crippen LogP contribution is 2.51. The Morgan fingerprint density at radius 1 is 1.02 bits per heavy atom. The molecule has 1 N–H and O–H groups in total. The van der Waals surface area contributed by atoms with Crippen molar-refractivity contribution in [2.75, 3.05) is 13.2 Å². The Labute approximate surface area is 333 Å². The first kappa shape index (κ1) is 42.6. The molecule has 5 atom stereocenters. The highest BCUT2D eigenvalue weighted by molar-refractivity contribution is 6.11. The zero-order valence-electron chi connectivity index (χ0n) is 33.2. The molecule has 1 saturated heterocycles. The summed E-state index contributed by atoms with van der Waals surface area (Å²) in [4.78, 5) is 88.2. The molecule has 1 aliphatic carbocycles. The summed E-state index contributed by atoms with van der Waals surface area (Å²) < 4.78 is 31.4. The first-order valence-electron chi connectivity index (χ1n) is 19.5. The maximum absolute atomic E-state index is 15.1. The van der Waals surface area contributed by atoms with E-state index in [1.807, 2.05) is 0 Å². The van der Waals surface area contributed by atoms with Crippen molar-refractivity contribution >= 4 is 35.9 Å². The van der Waals surface area contributed by atoms with Gasteiger partial charge >= 0.3 is 18.2 Å². The number of nitrogens with zero attached hydrogens (tertiary/aromatic N) is 3. The fraction of sp³-hybridized carbons (Fsp3) is 0.488. The number of hydrogen-bond donors (Lipinski definition) is 1. The average molecular weight is 789 g/mol. The number of benzene rings is 2. The lowest BCUT2D eigenvalue weighted by Gasteiger charge is -2.35. The molecule has 1 saturated carbocycles. The largest absolute Gasteiger partial charge is 0.464 e. The molecular formula is C43H53FN4O9. The Morgan fingerprint density at radius 2 is 1.75 bits per heavy atom. The van der Waals surface area contributed by atoms with Crippen LogP contribution in [-0.4, -0.2) is 93.1 Å². The van der Waals surface area contributed by atoms with Crippen LogP contribution < -0.4 is 5.32 Å². The fourth-order valence-electron chi connectivity index (χ4n) is 7.54. The molecule has 57 heavy (non-hydrogen) atoms. The number of nitrogens with one attached hydrogen (secondary N) is 1. The van der Waals surface area contributed by atoms with Gasteiger partial charge in [0.25, 0.3) is 11.8 Å². The maximum Gasteiger partial charge on any atom is 0.410 e. The zero-order valence-corrected chi connectivity index (χ0v) is 33.2. The number of alkyl carbamates (subject to hydrolysis) is 1. The quantitative estimate of drug-likeness (QED) is 0.0706. The van der Waals surface area contributed by atoms with E-state index >= 15 is 4.79 Å². The standard InChI is InChI=1S/C43H53FN4O9/c1-7-10-11-12-16-22-34(45-40(53)57-42(4,5)6)37(50)47-26-31(56-41(54)46-25-29-20-17-21-33(44)32(29)27-46)23-35(47)38(51)48(36(49)28-18-14-13-15-19-28)43(24-30(43)8-2)39(52)55-9-3/h7-8,13-15,17-21,30-31,34-35H,1-2,9-12,16,22-27H2,3-6H3,(H,45,53)/t30-,31-,34?,35+,43-/m1/s1. The van der Waals surface area contributed by atoms with E-state index < -0.39 is 76.9 Å². The molecule has 2 heterocycles. The van der Waals surface area contributed by atoms with E-state index in [-0.39, 0.29) is 51.1 Å². The number of likely N-dealkylation sites (tertiary alicyclic amines) is 1. The molecule has 0 bridgehead atoms. The third-order valence-electron chi connectivity index (χ3n) is 10.4. The van der Waals surface area contributed by atoms with Gasteiger partial charge in [-0.2, -0.15) is 0 Å². The van der Waals surface area contributed by atoms with Gasteiger partial charge in [-0.3, -0.25) is 24.2 Å². The molecule has 5 amide bonds. The number of rotatable bonds is 15. The number of fused-ring (bicyclic) bond motifs is 1. The average Bonchev–Trinajstić information content (AvgIpc) is 3.48. The van der Waals surface area contributed by atoms with Gasteiger partial charge in [-0.25, -0.2) is 18.8 Å². The number of carbonyl (C=O) groups is 6. The molecule has 306 valence electrons. The summed E-state index contributed by atoms with van der Waals surface area (Å²) in [7, 11) is 0. The monoisotopic (exact) mass is 788 g/mol. The summed E-state index contributed by atoms with van der Waals surface area (Å²) in [5.41, 5.74) is -1.50. The number of ether oxygens (including phenoxy) is 3. The van der Waals surface area contributed by atoms with Gasteiger partial charge < -0.3 is 24.4 Å². The van der Waals surface area contributed by atoms with E-state index in [2.05, 4.69) is 18.5 Å². The fourth-order valence-corrected chi connectivity index (χ4v) is 7.54. The summed E-state index contributed by atoms with van der Waals surface area (Å²) in [6.45, 7) is 14.0. The maximum atomic E-state index is 15.1. The lowest BCUT2D eigenvalue weighted by Crippen LogP contribution is -2.59. The van der Waals surface area contributed by atoms with E-state index in [4.69, 9.17) is 14.2 Å². The van der Waals surface area contributed by atoms with Gasteiger partial charge in [0.05, 0.1) is 19.7 Å². The number of hydrogen-bond acceptors (Lipinski definition) is 9. The van der Waals surface area contributed by atoms with Crippen LogP contribution in [-0.2, 0) is 41.7 Å². The van der Waals surface area contributed by atoms with Gasteiger partial charge in [-0.05, 0) is 77.1 Å². The number of carbonyl (C=O) groups excluding carboxylic acids is 6. The Kier molecular flexibility index (Phi) is 13.6. The smallest absolute Gasteiger partial charge is 0.410 e. The third-order valence-corrected chi connectivity index (χ3v) is 10.4. The van der Waals surface area contributed by atoms with Crippen molar-refractivity contribution in [3.8, 4) is 0 Å². The minimum absolute atomic E-state index is 0.0207. The molecule has 2 aromatic carbocycles. The van der Waals surface area contributed by atoms with Crippen molar-refractivity contribution in [1.29, 1.82) is 0 Å². The molecule has 0 aromatic heterocycles. The van der Waals surface area contributed by atoms with Crippen molar-refractivity contribution in [2.45, 2.75) is 115 Å². The minimum atomic E-state index is -1.74. The normalized spacial score (nSPS) is 21.5. The minimum Gasteiger partial charge on any atom is -0.464 e.